The standard InChI is InChI=1S/C12H24N2O4S2/c1-18-6-5-14(10-3-7-19-9-10)12(15)11(13)4-8-20(2,16)17/h10-11H,3-9,13H2,1-2H3. The van der Waals surface area contributed by atoms with Crippen LogP contribution >= 0.6 is 11.8 Å². The van der Waals surface area contributed by atoms with Gasteiger partial charge >= 0.3 is 0 Å². The minimum absolute atomic E-state index is 0.0581. The predicted molar refractivity (Wildman–Crippen MR) is 81.6 cm³/mol. The van der Waals surface area contributed by atoms with E-state index in [1.807, 2.05) is 11.8 Å². The lowest BCUT2D eigenvalue weighted by Crippen LogP contribution is -2.50. The summed E-state index contributed by atoms with van der Waals surface area (Å²) in [5.41, 5.74) is 5.86. The molecule has 1 amide bonds. The fraction of sp³-hybridized carbons (Fsp3) is 0.917. The lowest BCUT2D eigenvalue weighted by Gasteiger charge is -2.30. The Balaban J connectivity index is 2.61. The van der Waals surface area contributed by atoms with Crippen molar-refractivity contribution in [3.05, 3.63) is 0 Å². The molecule has 8 heteroatoms. The quantitative estimate of drug-likeness (QED) is 0.661. The third-order valence-corrected chi connectivity index (χ3v) is 5.40. The number of sulfone groups is 1. The van der Waals surface area contributed by atoms with Gasteiger partial charge in [-0.2, -0.15) is 11.8 Å². The summed E-state index contributed by atoms with van der Waals surface area (Å²) in [7, 11) is -1.50. The largest absolute Gasteiger partial charge is 0.383 e. The third-order valence-electron chi connectivity index (χ3n) is 3.28. The smallest absolute Gasteiger partial charge is 0.239 e. The minimum atomic E-state index is -3.09. The molecule has 2 atom stereocenters. The Morgan fingerprint density at radius 1 is 1.55 bits per heavy atom. The number of thioether (sulfide) groups is 1. The van der Waals surface area contributed by atoms with Crippen molar-refractivity contribution in [3.63, 3.8) is 0 Å². The Labute approximate surface area is 125 Å². The molecule has 1 fully saturated rings. The predicted octanol–water partition coefficient (Wildman–Crippen LogP) is -0.271. The number of ether oxygens (including phenoxy) is 1. The Kier molecular flexibility index (Phi) is 7.28. The van der Waals surface area contributed by atoms with Gasteiger partial charge < -0.3 is 15.4 Å². The highest BCUT2D eigenvalue weighted by molar-refractivity contribution is 7.99. The summed E-state index contributed by atoms with van der Waals surface area (Å²) >= 11 is 1.82. The van der Waals surface area contributed by atoms with Crippen molar-refractivity contribution >= 4 is 27.5 Å². The molecule has 1 aliphatic rings. The van der Waals surface area contributed by atoms with Gasteiger partial charge in [-0.05, 0) is 18.6 Å². The molecule has 2 N–H and O–H groups in total. The van der Waals surface area contributed by atoms with E-state index in [-0.39, 0.29) is 24.1 Å². The van der Waals surface area contributed by atoms with Crippen molar-refractivity contribution in [1.29, 1.82) is 0 Å². The summed E-state index contributed by atoms with van der Waals surface area (Å²) in [5, 5.41) is 0. The molecule has 0 spiro atoms. The van der Waals surface area contributed by atoms with Crippen LogP contribution in [-0.4, -0.2) is 75.1 Å². The zero-order valence-electron chi connectivity index (χ0n) is 12.1. The van der Waals surface area contributed by atoms with E-state index in [1.165, 1.54) is 0 Å². The fourth-order valence-electron chi connectivity index (χ4n) is 2.11. The highest BCUT2D eigenvalue weighted by atomic mass is 32.2. The second-order valence-electron chi connectivity index (χ2n) is 5.07. The molecule has 0 aromatic rings. The number of carbonyl (C=O) groups excluding carboxylic acids is 1. The van der Waals surface area contributed by atoms with Gasteiger partial charge in [0.15, 0.2) is 0 Å². The van der Waals surface area contributed by atoms with Crippen LogP contribution in [-0.2, 0) is 19.4 Å². The van der Waals surface area contributed by atoms with Gasteiger partial charge in [-0.15, -0.1) is 0 Å². The number of rotatable bonds is 8. The number of methoxy groups -OCH3 is 1. The van der Waals surface area contributed by atoms with Crippen LogP contribution in [0, 0.1) is 0 Å². The van der Waals surface area contributed by atoms with E-state index in [2.05, 4.69) is 0 Å². The van der Waals surface area contributed by atoms with Gasteiger partial charge in [0.25, 0.3) is 0 Å². The van der Waals surface area contributed by atoms with Gasteiger partial charge in [-0.1, -0.05) is 0 Å². The molecule has 2 unspecified atom stereocenters. The summed E-state index contributed by atoms with van der Waals surface area (Å²) in [6.45, 7) is 0.971. The van der Waals surface area contributed by atoms with Crippen LogP contribution in [0.4, 0.5) is 0 Å². The number of nitrogens with two attached hydrogens (primary N) is 1. The molecule has 0 radical (unpaired) electrons. The van der Waals surface area contributed by atoms with E-state index >= 15 is 0 Å². The molecule has 1 heterocycles. The first-order valence-electron chi connectivity index (χ1n) is 6.65. The number of amides is 1. The lowest BCUT2D eigenvalue weighted by molar-refractivity contribution is -0.135. The van der Waals surface area contributed by atoms with Crippen LogP contribution in [0.1, 0.15) is 12.8 Å². The number of hydrogen-bond acceptors (Lipinski definition) is 6. The first-order valence-corrected chi connectivity index (χ1v) is 9.87. The van der Waals surface area contributed by atoms with Gasteiger partial charge in [0, 0.05) is 31.7 Å². The van der Waals surface area contributed by atoms with Crippen LogP contribution in [0.3, 0.4) is 0 Å². The van der Waals surface area contributed by atoms with E-state index in [0.29, 0.717) is 13.2 Å². The monoisotopic (exact) mass is 324 g/mol. The molecule has 6 nitrogen and oxygen atoms in total. The molecule has 0 bridgehead atoms. The molecular formula is C12H24N2O4S2. The summed E-state index contributed by atoms with van der Waals surface area (Å²) in [6, 6.07) is -0.570. The zero-order chi connectivity index (χ0) is 15.2. The Bertz CT molecular complexity index is 408. The molecule has 0 aromatic carbocycles. The van der Waals surface area contributed by atoms with E-state index in [1.54, 1.807) is 12.0 Å². The average molecular weight is 324 g/mol. The van der Waals surface area contributed by atoms with Crippen molar-refractivity contribution in [1.82, 2.24) is 4.90 Å². The summed E-state index contributed by atoms with van der Waals surface area (Å²) in [4.78, 5) is 14.2. The first-order chi connectivity index (χ1) is 9.35. The zero-order valence-corrected chi connectivity index (χ0v) is 13.7. The molecule has 0 saturated carbocycles. The molecule has 0 aromatic heterocycles. The topological polar surface area (TPSA) is 89.7 Å². The fourth-order valence-corrected chi connectivity index (χ4v) is 4.01. The molecule has 1 aliphatic heterocycles. The maximum absolute atomic E-state index is 12.4. The second-order valence-corrected chi connectivity index (χ2v) is 8.48. The average Bonchev–Trinajstić information content (AvgIpc) is 2.89. The first kappa shape index (κ1) is 17.7. The van der Waals surface area contributed by atoms with Crippen LogP contribution in [0.15, 0.2) is 0 Å². The van der Waals surface area contributed by atoms with Crippen molar-refractivity contribution < 1.29 is 17.9 Å². The maximum Gasteiger partial charge on any atom is 0.239 e. The summed E-state index contributed by atoms with van der Waals surface area (Å²) < 4.78 is 27.3. The van der Waals surface area contributed by atoms with Crippen LogP contribution < -0.4 is 5.73 Å². The maximum atomic E-state index is 12.4. The third kappa shape index (κ3) is 5.99. The molecule has 118 valence electrons. The Morgan fingerprint density at radius 2 is 2.25 bits per heavy atom. The number of nitrogens with zero attached hydrogens (tertiary/aromatic N) is 1. The SMILES string of the molecule is COCCN(C(=O)C(N)CCS(C)(=O)=O)C1CCSC1. The van der Waals surface area contributed by atoms with E-state index in [9.17, 15) is 13.2 Å². The Hall–Kier alpha value is -0.310. The van der Waals surface area contributed by atoms with E-state index in [4.69, 9.17) is 10.5 Å². The van der Waals surface area contributed by atoms with Crippen LogP contribution in [0.25, 0.3) is 0 Å². The molecule has 0 aliphatic carbocycles. The highest BCUT2D eigenvalue weighted by Gasteiger charge is 2.30. The number of hydrogen-bond donors (Lipinski definition) is 1. The normalized spacial score (nSPS) is 20.9. The second kappa shape index (κ2) is 8.21. The van der Waals surface area contributed by atoms with Gasteiger partial charge in [0.2, 0.25) is 5.91 Å². The molecular weight excluding hydrogens is 300 g/mol. The molecule has 1 saturated heterocycles. The highest BCUT2D eigenvalue weighted by Crippen LogP contribution is 2.23. The molecule has 1 rings (SSSR count). The lowest BCUT2D eigenvalue weighted by atomic mass is 10.1. The van der Waals surface area contributed by atoms with Crippen LogP contribution in [0.2, 0.25) is 0 Å². The summed E-state index contributed by atoms with van der Waals surface area (Å²) in [6.07, 6.45) is 2.28. The van der Waals surface area contributed by atoms with Crippen molar-refractivity contribution in [3.8, 4) is 0 Å². The van der Waals surface area contributed by atoms with E-state index in [0.717, 1.165) is 24.2 Å². The number of carbonyl (C=O) groups is 1. The van der Waals surface area contributed by atoms with Crippen molar-refractivity contribution in [2.75, 3.05) is 43.8 Å². The minimum Gasteiger partial charge on any atom is -0.383 e. The Morgan fingerprint density at radius 3 is 2.75 bits per heavy atom. The van der Waals surface area contributed by atoms with Crippen molar-refractivity contribution in [2.24, 2.45) is 5.73 Å². The van der Waals surface area contributed by atoms with Crippen molar-refractivity contribution in [2.45, 2.75) is 24.9 Å². The van der Waals surface area contributed by atoms with Gasteiger partial charge in [-0.3, -0.25) is 4.79 Å². The van der Waals surface area contributed by atoms with Crippen LogP contribution in [0.5, 0.6) is 0 Å². The van der Waals surface area contributed by atoms with Gasteiger partial charge in [0.05, 0.1) is 18.4 Å². The van der Waals surface area contributed by atoms with E-state index < -0.39 is 15.9 Å². The molecule has 20 heavy (non-hydrogen) atoms. The van der Waals surface area contributed by atoms with Gasteiger partial charge in [0.1, 0.15) is 9.84 Å². The van der Waals surface area contributed by atoms with Gasteiger partial charge in [-0.25, -0.2) is 8.42 Å². The summed E-state index contributed by atoms with van der Waals surface area (Å²) in [5.74, 6) is 1.73.